The van der Waals surface area contributed by atoms with Gasteiger partial charge in [0, 0.05) is 12.8 Å². The van der Waals surface area contributed by atoms with Gasteiger partial charge in [0.25, 0.3) is 0 Å². The number of aliphatic hydroxyl groups is 2. The second-order valence-corrected chi connectivity index (χ2v) is 12.7. The fourth-order valence-corrected chi connectivity index (χ4v) is 4.81. The first-order chi connectivity index (χ1) is 21.8. The number of aliphatic hydroxyl groups excluding tert-OH is 2. The highest BCUT2D eigenvalue weighted by Crippen LogP contribution is 2.14. The van der Waals surface area contributed by atoms with Crippen LogP contribution in [0.5, 0.6) is 0 Å². The summed E-state index contributed by atoms with van der Waals surface area (Å²) in [5, 5.41) is 18.7. The van der Waals surface area contributed by atoms with Gasteiger partial charge < -0.3 is 19.7 Å². The molecule has 0 saturated heterocycles. The van der Waals surface area contributed by atoms with Crippen LogP contribution in [-0.2, 0) is 19.1 Å². The predicted molar refractivity (Wildman–Crippen MR) is 188 cm³/mol. The van der Waals surface area contributed by atoms with Crippen molar-refractivity contribution in [3.05, 3.63) is 48.6 Å². The normalized spacial score (nSPS) is 13.6. The summed E-state index contributed by atoms with van der Waals surface area (Å²) in [4.78, 5) is 24.1. The summed E-state index contributed by atoms with van der Waals surface area (Å²) in [5.41, 5.74) is 0. The predicted octanol–water partition coefficient (Wildman–Crippen LogP) is 9.89. The number of carbonyl (C=O) groups excluding carboxylic acids is 2. The number of hydrogen-bond donors (Lipinski definition) is 2. The molecule has 2 atom stereocenters. The molecule has 0 amide bonds. The van der Waals surface area contributed by atoms with Gasteiger partial charge in [0.15, 0.2) is 6.10 Å². The highest BCUT2D eigenvalue weighted by Gasteiger charge is 2.16. The van der Waals surface area contributed by atoms with E-state index >= 15 is 0 Å². The molecule has 0 saturated carbocycles. The van der Waals surface area contributed by atoms with Gasteiger partial charge in [-0.25, -0.2) is 0 Å². The van der Waals surface area contributed by atoms with Gasteiger partial charge in [-0.05, 0) is 70.6 Å². The smallest absolute Gasteiger partial charge is 0.306 e. The van der Waals surface area contributed by atoms with Crippen LogP contribution in [0.25, 0.3) is 0 Å². The average Bonchev–Trinajstić information content (AvgIpc) is 3.00. The van der Waals surface area contributed by atoms with Gasteiger partial charge in [0.2, 0.25) is 0 Å². The summed E-state index contributed by atoms with van der Waals surface area (Å²) in [6, 6.07) is 0. The van der Waals surface area contributed by atoms with Crippen LogP contribution in [0.2, 0.25) is 0 Å². The molecular formula is C39H68O6. The first-order valence-electron chi connectivity index (χ1n) is 18.1. The van der Waals surface area contributed by atoms with E-state index in [9.17, 15) is 19.8 Å². The van der Waals surface area contributed by atoms with Crippen LogP contribution in [0.4, 0.5) is 0 Å². The molecule has 0 radical (unpaired) electrons. The quantitative estimate of drug-likeness (QED) is 0.0449. The van der Waals surface area contributed by atoms with E-state index in [1.165, 1.54) is 51.4 Å². The molecule has 0 aromatic rings. The fraction of sp³-hybridized carbons (Fsp3) is 0.744. The molecule has 0 fully saturated rings. The second-order valence-electron chi connectivity index (χ2n) is 12.7. The van der Waals surface area contributed by atoms with Crippen molar-refractivity contribution >= 4 is 11.9 Å². The van der Waals surface area contributed by atoms with Crippen LogP contribution in [0.15, 0.2) is 48.6 Å². The summed E-state index contributed by atoms with van der Waals surface area (Å²) in [6.45, 7) is 5.95. The van der Waals surface area contributed by atoms with Crippen molar-refractivity contribution in [1.29, 1.82) is 0 Å². The molecule has 0 bridgehead atoms. The van der Waals surface area contributed by atoms with E-state index in [0.29, 0.717) is 19.3 Å². The zero-order valence-corrected chi connectivity index (χ0v) is 29.1. The van der Waals surface area contributed by atoms with Gasteiger partial charge in [-0.2, -0.15) is 0 Å². The number of rotatable bonds is 31. The molecule has 0 unspecified atom stereocenters. The Bertz CT molecular complexity index is 795. The van der Waals surface area contributed by atoms with E-state index in [2.05, 4.69) is 62.5 Å². The van der Waals surface area contributed by atoms with Crippen LogP contribution < -0.4 is 0 Å². The first-order valence-corrected chi connectivity index (χ1v) is 18.1. The second kappa shape index (κ2) is 33.2. The highest BCUT2D eigenvalue weighted by atomic mass is 16.6. The summed E-state index contributed by atoms with van der Waals surface area (Å²) in [7, 11) is 0. The van der Waals surface area contributed by atoms with Gasteiger partial charge in [-0.15, -0.1) is 0 Å². The van der Waals surface area contributed by atoms with E-state index in [0.717, 1.165) is 70.1 Å². The molecule has 0 aromatic carbocycles. The minimum Gasteiger partial charge on any atom is -0.462 e. The van der Waals surface area contributed by atoms with Gasteiger partial charge in [-0.1, -0.05) is 127 Å². The first kappa shape index (κ1) is 42.8. The van der Waals surface area contributed by atoms with Gasteiger partial charge >= 0.3 is 11.9 Å². The Kier molecular flexibility index (Phi) is 31.6. The number of unbranched alkanes of at least 4 members (excludes halogenated alkanes) is 11. The maximum atomic E-state index is 12.1. The summed E-state index contributed by atoms with van der Waals surface area (Å²) < 4.78 is 10.5. The van der Waals surface area contributed by atoms with Crippen LogP contribution >= 0.6 is 0 Å². The van der Waals surface area contributed by atoms with Crippen molar-refractivity contribution in [2.45, 2.75) is 168 Å². The Labute approximate surface area is 276 Å². The third kappa shape index (κ3) is 34.5. The molecule has 6 nitrogen and oxygen atoms in total. The number of carbonyl (C=O) groups is 2. The minimum absolute atomic E-state index is 0.103. The van der Waals surface area contributed by atoms with Crippen molar-refractivity contribution < 1.29 is 29.3 Å². The van der Waals surface area contributed by atoms with Crippen molar-refractivity contribution in [3.8, 4) is 0 Å². The zero-order valence-electron chi connectivity index (χ0n) is 29.1. The monoisotopic (exact) mass is 633 g/mol. The molecule has 260 valence electrons. The lowest BCUT2D eigenvalue weighted by Crippen LogP contribution is -2.28. The van der Waals surface area contributed by atoms with E-state index in [1.54, 1.807) is 0 Å². The third-order valence-corrected chi connectivity index (χ3v) is 7.57. The lowest BCUT2D eigenvalue weighted by Gasteiger charge is -2.15. The van der Waals surface area contributed by atoms with Crippen LogP contribution in [0.1, 0.15) is 156 Å². The number of hydrogen-bond acceptors (Lipinski definition) is 6. The lowest BCUT2D eigenvalue weighted by atomic mass is 10.0. The fourth-order valence-electron chi connectivity index (χ4n) is 4.81. The Morgan fingerprint density at radius 1 is 0.578 bits per heavy atom. The van der Waals surface area contributed by atoms with E-state index < -0.39 is 6.10 Å². The average molecular weight is 633 g/mol. The van der Waals surface area contributed by atoms with Gasteiger partial charge in [0.05, 0.1) is 12.7 Å². The van der Waals surface area contributed by atoms with Crippen LogP contribution in [-0.4, -0.2) is 47.6 Å². The maximum absolute atomic E-state index is 12.1. The summed E-state index contributed by atoms with van der Waals surface area (Å²) in [6.07, 6.45) is 37.3. The molecule has 0 spiro atoms. The van der Waals surface area contributed by atoms with Crippen molar-refractivity contribution in [2.75, 3.05) is 13.2 Å². The molecule has 2 N–H and O–H groups in total. The molecule has 6 heteroatoms. The van der Waals surface area contributed by atoms with E-state index in [4.69, 9.17) is 9.47 Å². The minimum atomic E-state index is -0.800. The number of ether oxygens (including phenoxy) is 2. The van der Waals surface area contributed by atoms with Crippen molar-refractivity contribution in [3.63, 3.8) is 0 Å². The van der Waals surface area contributed by atoms with Crippen LogP contribution in [0.3, 0.4) is 0 Å². The SMILES string of the molecule is CC(C)CCCCCCCCCCCCC(=O)O[C@@H](CO)COC(=O)CCC/C=C\C/C=C\C/C=C\C/C=C\CCC[C@@H](C)O. The molecule has 45 heavy (non-hydrogen) atoms. The largest absolute Gasteiger partial charge is 0.462 e. The van der Waals surface area contributed by atoms with Gasteiger partial charge in [0.1, 0.15) is 6.61 Å². The molecule has 0 aliphatic rings. The molecule has 0 heterocycles. The zero-order chi connectivity index (χ0) is 33.2. The lowest BCUT2D eigenvalue weighted by molar-refractivity contribution is -0.161. The topological polar surface area (TPSA) is 93.1 Å². The number of esters is 2. The van der Waals surface area contributed by atoms with Crippen LogP contribution in [0, 0.1) is 5.92 Å². The summed E-state index contributed by atoms with van der Waals surface area (Å²) in [5.74, 6) is 0.142. The standard InChI is InChI=1S/C39H68O6/c1-35(2)29-25-21-17-13-11-12-16-20-24-28-32-39(43)45-37(33-40)34-44-38(42)31-27-23-19-15-10-8-6-4-5-7-9-14-18-22-26-30-36(3)41/h5-8,14-15,18-19,35-37,40-41H,4,9-13,16-17,20-34H2,1-3H3/b7-5-,8-6-,18-14-,19-15-/t36-,37+/m1/s1. The summed E-state index contributed by atoms with van der Waals surface area (Å²) >= 11 is 0. The van der Waals surface area contributed by atoms with Crippen molar-refractivity contribution in [1.82, 2.24) is 0 Å². The molecule has 0 aromatic heterocycles. The molecule has 0 aliphatic carbocycles. The Hall–Kier alpha value is -2.18. The highest BCUT2D eigenvalue weighted by molar-refractivity contribution is 5.70. The molecule has 0 rings (SSSR count). The number of allylic oxidation sites excluding steroid dienone is 8. The van der Waals surface area contributed by atoms with E-state index in [-0.39, 0.29) is 31.3 Å². The Morgan fingerprint density at radius 2 is 1.04 bits per heavy atom. The van der Waals surface area contributed by atoms with Crippen molar-refractivity contribution in [2.24, 2.45) is 5.92 Å². The Balaban J connectivity index is 3.70. The van der Waals surface area contributed by atoms with Gasteiger partial charge in [-0.3, -0.25) is 9.59 Å². The molecule has 0 aliphatic heterocycles. The maximum Gasteiger partial charge on any atom is 0.306 e. The van der Waals surface area contributed by atoms with E-state index in [1.807, 2.05) is 6.92 Å². The third-order valence-electron chi connectivity index (χ3n) is 7.57. The Morgan fingerprint density at radius 3 is 1.56 bits per heavy atom. The molecular weight excluding hydrogens is 564 g/mol.